The number of carbonyl (C=O) groups excluding carboxylic acids is 1. The van der Waals surface area contributed by atoms with E-state index in [1.807, 2.05) is 0 Å². The van der Waals surface area contributed by atoms with Gasteiger partial charge in [0.25, 0.3) is 10.0 Å². The summed E-state index contributed by atoms with van der Waals surface area (Å²) in [5, 5.41) is 8.18. The van der Waals surface area contributed by atoms with Crippen LogP contribution in [0.15, 0.2) is 17.2 Å². The van der Waals surface area contributed by atoms with Gasteiger partial charge in [0.15, 0.2) is 5.03 Å². The third kappa shape index (κ3) is 2.01. The number of hydrogen-bond donors (Lipinski definition) is 2. The molecule has 8 heteroatoms. The molecule has 0 aromatic carbocycles. The highest BCUT2D eigenvalue weighted by atomic mass is 32.2. The lowest BCUT2D eigenvalue weighted by atomic mass is 10.4. The molecular formula is C7H10N2O5S. The first-order chi connectivity index (χ1) is 6.94. The van der Waals surface area contributed by atoms with Gasteiger partial charge in [-0.1, -0.05) is 4.89 Å². The summed E-state index contributed by atoms with van der Waals surface area (Å²) >= 11 is 0. The summed E-state index contributed by atoms with van der Waals surface area (Å²) < 4.78 is 28.0. The van der Waals surface area contributed by atoms with Crippen LogP contribution >= 0.6 is 0 Å². The number of hydrogen-bond acceptors (Lipinski definition) is 5. The normalized spacial score (nSPS) is 11.4. The summed E-state index contributed by atoms with van der Waals surface area (Å²) in [5.74, 6) is -0.656. The monoisotopic (exact) mass is 234 g/mol. The van der Waals surface area contributed by atoms with Gasteiger partial charge in [-0.2, -0.15) is 0 Å². The third-order valence-electron chi connectivity index (χ3n) is 1.87. The molecule has 0 saturated heterocycles. The molecule has 0 aliphatic rings. The van der Waals surface area contributed by atoms with E-state index >= 15 is 0 Å². The molecule has 84 valence electrons. The minimum atomic E-state index is -3.99. The molecule has 1 heterocycles. The second-order valence-corrected chi connectivity index (χ2v) is 4.31. The van der Waals surface area contributed by atoms with Crippen molar-refractivity contribution < 1.29 is 23.2 Å². The van der Waals surface area contributed by atoms with Crippen LogP contribution in [0.5, 0.6) is 0 Å². The Hall–Kier alpha value is -1.38. The van der Waals surface area contributed by atoms with Crippen LogP contribution < -0.4 is 4.89 Å². The van der Waals surface area contributed by atoms with E-state index < -0.39 is 16.0 Å². The summed E-state index contributed by atoms with van der Waals surface area (Å²) in [6, 6.07) is 2.47. The number of nitrogens with one attached hydrogen (secondary N) is 1. The van der Waals surface area contributed by atoms with Gasteiger partial charge >= 0.3 is 5.97 Å². The Kier molecular flexibility index (Phi) is 3.12. The van der Waals surface area contributed by atoms with Crippen molar-refractivity contribution in [3.63, 3.8) is 0 Å². The molecule has 0 fully saturated rings. The van der Waals surface area contributed by atoms with E-state index in [1.54, 1.807) is 0 Å². The Morgan fingerprint density at radius 2 is 2.13 bits per heavy atom. The molecule has 0 amide bonds. The quantitative estimate of drug-likeness (QED) is 0.541. The molecule has 0 bridgehead atoms. The fourth-order valence-corrected chi connectivity index (χ4v) is 1.92. The minimum Gasteiger partial charge on any atom is -0.464 e. The van der Waals surface area contributed by atoms with Crippen LogP contribution in [-0.2, 0) is 21.8 Å². The molecule has 0 aliphatic carbocycles. The maximum absolute atomic E-state index is 11.2. The molecular weight excluding hydrogens is 224 g/mol. The Labute approximate surface area is 86.3 Å². The molecule has 0 unspecified atom stereocenters. The molecule has 1 rings (SSSR count). The smallest absolute Gasteiger partial charge is 0.354 e. The number of sulfonamides is 1. The number of nitrogens with zero attached hydrogens (tertiary/aromatic N) is 1. The van der Waals surface area contributed by atoms with E-state index in [0.29, 0.717) is 0 Å². The largest absolute Gasteiger partial charge is 0.464 e. The van der Waals surface area contributed by atoms with Crippen molar-refractivity contribution in [1.82, 2.24) is 9.45 Å². The summed E-state index contributed by atoms with van der Waals surface area (Å²) in [6.07, 6.45) is 0. The van der Waals surface area contributed by atoms with Crippen molar-refractivity contribution in [2.45, 2.75) is 5.03 Å². The SMILES string of the molecule is COC(=O)c1ccc(S(=O)(=O)NO)n1C. The summed E-state index contributed by atoms with van der Waals surface area (Å²) in [5.41, 5.74) is 0.0753. The zero-order valence-electron chi connectivity index (χ0n) is 8.09. The van der Waals surface area contributed by atoms with Crippen LogP contribution in [-0.4, -0.2) is 31.3 Å². The van der Waals surface area contributed by atoms with Crippen LogP contribution in [0.1, 0.15) is 10.5 Å². The van der Waals surface area contributed by atoms with Crippen LogP contribution in [0.3, 0.4) is 0 Å². The van der Waals surface area contributed by atoms with Gasteiger partial charge in [-0.05, 0) is 12.1 Å². The fraction of sp³-hybridized carbons (Fsp3) is 0.286. The second-order valence-electron chi connectivity index (χ2n) is 2.70. The average Bonchev–Trinajstić information content (AvgIpc) is 2.59. The van der Waals surface area contributed by atoms with Gasteiger partial charge in [-0.15, -0.1) is 0 Å². The first kappa shape index (κ1) is 11.7. The van der Waals surface area contributed by atoms with Crippen LogP contribution in [0.25, 0.3) is 0 Å². The zero-order chi connectivity index (χ0) is 11.6. The average molecular weight is 234 g/mol. The third-order valence-corrected chi connectivity index (χ3v) is 3.07. The second kappa shape index (κ2) is 4.01. The van der Waals surface area contributed by atoms with E-state index in [0.717, 1.165) is 4.57 Å². The number of carbonyl (C=O) groups is 1. The molecule has 0 radical (unpaired) electrons. The van der Waals surface area contributed by atoms with E-state index in [1.165, 1.54) is 31.2 Å². The number of methoxy groups -OCH3 is 1. The molecule has 0 atom stereocenters. The fourth-order valence-electron chi connectivity index (χ4n) is 1.12. The van der Waals surface area contributed by atoms with Gasteiger partial charge in [0, 0.05) is 7.05 Å². The van der Waals surface area contributed by atoms with Crippen LogP contribution in [0, 0.1) is 0 Å². The molecule has 0 aliphatic heterocycles. The topological polar surface area (TPSA) is 97.6 Å². The Morgan fingerprint density at radius 1 is 1.53 bits per heavy atom. The molecule has 1 aromatic heterocycles. The predicted molar refractivity (Wildman–Crippen MR) is 48.9 cm³/mol. The van der Waals surface area contributed by atoms with Gasteiger partial charge in [0.2, 0.25) is 0 Å². The molecule has 0 saturated carbocycles. The van der Waals surface area contributed by atoms with Crippen LogP contribution in [0.4, 0.5) is 0 Å². The van der Waals surface area contributed by atoms with Gasteiger partial charge in [0.1, 0.15) is 5.69 Å². The Bertz CT molecular complexity index is 476. The van der Waals surface area contributed by atoms with E-state index in [9.17, 15) is 13.2 Å². The lowest BCUT2D eigenvalue weighted by Crippen LogP contribution is -2.22. The van der Waals surface area contributed by atoms with Crippen molar-refractivity contribution in [3.05, 3.63) is 17.8 Å². The highest BCUT2D eigenvalue weighted by molar-refractivity contribution is 7.89. The lowest BCUT2D eigenvalue weighted by molar-refractivity contribution is 0.0589. The highest BCUT2D eigenvalue weighted by Crippen LogP contribution is 2.13. The maximum Gasteiger partial charge on any atom is 0.354 e. The summed E-state index contributed by atoms with van der Waals surface area (Å²) in [4.78, 5) is 12.3. The minimum absolute atomic E-state index is 0.0753. The molecule has 0 spiro atoms. The number of ether oxygens (including phenoxy) is 1. The van der Waals surface area contributed by atoms with Crippen molar-refractivity contribution in [2.75, 3.05) is 7.11 Å². The van der Waals surface area contributed by atoms with Gasteiger partial charge in [-0.3, -0.25) is 0 Å². The Balaban J connectivity index is 3.27. The van der Waals surface area contributed by atoms with Crippen molar-refractivity contribution >= 4 is 16.0 Å². The maximum atomic E-state index is 11.2. The lowest BCUT2D eigenvalue weighted by Gasteiger charge is -2.05. The number of rotatable bonds is 3. The molecule has 7 nitrogen and oxygen atoms in total. The first-order valence-corrected chi connectivity index (χ1v) is 5.32. The standard InChI is InChI=1S/C7H10N2O5S/c1-9-5(7(10)14-2)3-4-6(9)15(12,13)8-11/h3-4,8,11H,1-2H3. The molecule has 2 N–H and O–H groups in total. The van der Waals surface area contributed by atoms with Gasteiger partial charge in [-0.25, -0.2) is 13.2 Å². The zero-order valence-corrected chi connectivity index (χ0v) is 8.91. The predicted octanol–water partition coefficient (Wildman–Crippen LogP) is -0.521. The summed E-state index contributed by atoms with van der Waals surface area (Å²) in [6.45, 7) is 0. The highest BCUT2D eigenvalue weighted by Gasteiger charge is 2.21. The van der Waals surface area contributed by atoms with E-state index in [2.05, 4.69) is 4.74 Å². The molecule has 1 aromatic rings. The van der Waals surface area contributed by atoms with Gasteiger partial charge in [0.05, 0.1) is 7.11 Å². The number of esters is 1. The van der Waals surface area contributed by atoms with Crippen molar-refractivity contribution in [2.24, 2.45) is 7.05 Å². The van der Waals surface area contributed by atoms with E-state index in [-0.39, 0.29) is 10.7 Å². The first-order valence-electron chi connectivity index (χ1n) is 3.84. The van der Waals surface area contributed by atoms with Crippen LogP contribution in [0.2, 0.25) is 0 Å². The molecule has 15 heavy (non-hydrogen) atoms. The van der Waals surface area contributed by atoms with Crippen molar-refractivity contribution in [1.29, 1.82) is 0 Å². The van der Waals surface area contributed by atoms with Gasteiger partial charge < -0.3 is 14.5 Å². The van der Waals surface area contributed by atoms with E-state index in [4.69, 9.17) is 5.21 Å². The Morgan fingerprint density at radius 3 is 2.60 bits per heavy atom. The summed E-state index contributed by atoms with van der Waals surface area (Å²) in [7, 11) is -1.43. The van der Waals surface area contributed by atoms with Crippen molar-refractivity contribution in [3.8, 4) is 0 Å². The number of aromatic nitrogens is 1.